The van der Waals surface area contributed by atoms with Gasteiger partial charge in [0.1, 0.15) is 5.75 Å². The Morgan fingerprint density at radius 3 is 2.64 bits per heavy atom. The Morgan fingerprint density at radius 1 is 1.12 bits per heavy atom. The van der Waals surface area contributed by atoms with Gasteiger partial charge in [-0.3, -0.25) is 19.7 Å². The van der Waals surface area contributed by atoms with Gasteiger partial charge in [-0.2, -0.15) is 5.10 Å². The van der Waals surface area contributed by atoms with Gasteiger partial charge >= 0.3 is 0 Å². The molecule has 3 aromatic carbocycles. The molecule has 33 heavy (non-hydrogen) atoms. The molecule has 0 aliphatic heterocycles. The molecule has 0 heterocycles. The zero-order chi connectivity index (χ0) is 23.8. The van der Waals surface area contributed by atoms with Gasteiger partial charge in [-0.15, -0.1) is 0 Å². The lowest BCUT2D eigenvalue weighted by molar-refractivity contribution is -0.384. The fourth-order valence-electron chi connectivity index (χ4n) is 2.77. The molecule has 10 heteroatoms. The molecule has 2 N–H and O–H groups in total. The number of nitrogens with zero attached hydrogens (tertiary/aromatic N) is 2. The van der Waals surface area contributed by atoms with E-state index in [1.807, 2.05) is 25.1 Å². The van der Waals surface area contributed by atoms with Crippen molar-refractivity contribution < 1.29 is 19.2 Å². The SMILES string of the molecule is Cc1cccc(NC(=O)COc2ccc(/C=N/NC(=O)c3cccc([N+](=O)[O-])c3)cc2Br)c1. The molecule has 0 atom stereocenters. The summed E-state index contributed by atoms with van der Waals surface area (Å²) < 4.78 is 6.16. The largest absolute Gasteiger partial charge is 0.483 e. The molecule has 168 valence electrons. The first-order valence-corrected chi connectivity index (χ1v) is 10.5. The summed E-state index contributed by atoms with van der Waals surface area (Å²) in [4.78, 5) is 34.5. The number of halogens is 1. The molecule has 0 saturated heterocycles. The van der Waals surface area contributed by atoms with Crippen LogP contribution in [0.25, 0.3) is 0 Å². The molecule has 0 aromatic heterocycles. The van der Waals surface area contributed by atoms with E-state index in [1.165, 1.54) is 30.5 Å². The van der Waals surface area contributed by atoms with Crippen molar-refractivity contribution in [1.82, 2.24) is 5.43 Å². The average molecular weight is 511 g/mol. The fraction of sp³-hybridized carbons (Fsp3) is 0.0870. The van der Waals surface area contributed by atoms with Gasteiger partial charge in [0.05, 0.1) is 15.6 Å². The predicted octanol–water partition coefficient (Wildman–Crippen LogP) is 4.45. The smallest absolute Gasteiger partial charge is 0.271 e. The van der Waals surface area contributed by atoms with Crippen molar-refractivity contribution in [3.63, 3.8) is 0 Å². The number of nitro benzene ring substituents is 1. The number of rotatable bonds is 8. The van der Waals surface area contributed by atoms with E-state index in [4.69, 9.17) is 4.74 Å². The third kappa shape index (κ3) is 6.97. The van der Waals surface area contributed by atoms with Gasteiger partial charge in [0.25, 0.3) is 17.5 Å². The summed E-state index contributed by atoms with van der Waals surface area (Å²) in [6.45, 7) is 1.77. The maximum atomic E-state index is 12.1. The van der Waals surface area contributed by atoms with Crippen molar-refractivity contribution in [2.24, 2.45) is 5.10 Å². The standard InChI is InChI=1S/C23H19BrN4O5/c1-15-4-2-6-18(10-15)26-22(29)14-33-21-9-8-16(11-20(21)24)13-25-27-23(30)17-5-3-7-19(12-17)28(31)32/h2-13H,14H2,1H3,(H,26,29)(H,27,30)/b25-13+. The van der Waals surface area contributed by atoms with Crippen LogP contribution in [0.3, 0.4) is 0 Å². The van der Waals surface area contributed by atoms with Crippen molar-refractivity contribution in [1.29, 1.82) is 0 Å². The Bertz CT molecular complexity index is 1230. The van der Waals surface area contributed by atoms with Gasteiger partial charge in [0, 0.05) is 23.4 Å². The minimum atomic E-state index is -0.576. The summed E-state index contributed by atoms with van der Waals surface area (Å²) in [7, 11) is 0. The number of amides is 2. The third-order valence-electron chi connectivity index (χ3n) is 4.32. The van der Waals surface area contributed by atoms with Crippen LogP contribution in [0.1, 0.15) is 21.5 Å². The number of aryl methyl sites for hydroxylation is 1. The van der Waals surface area contributed by atoms with Gasteiger partial charge in [-0.1, -0.05) is 18.2 Å². The number of hydrogen-bond donors (Lipinski definition) is 2. The summed E-state index contributed by atoms with van der Waals surface area (Å²) in [5, 5.41) is 17.5. The van der Waals surface area contributed by atoms with Gasteiger partial charge in [-0.25, -0.2) is 5.43 Å². The van der Waals surface area contributed by atoms with Crippen LogP contribution in [-0.2, 0) is 4.79 Å². The molecule has 3 rings (SSSR count). The highest BCUT2D eigenvalue weighted by atomic mass is 79.9. The van der Waals surface area contributed by atoms with E-state index >= 15 is 0 Å². The number of anilines is 1. The summed E-state index contributed by atoms with van der Waals surface area (Å²) in [6, 6.07) is 17.9. The van der Waals surface area contributed by atoms with Gasteiger partial charge < -0.3 is 10.1 Å². The maximum absolute atomic E-state index is 12.1. The average Bonchev–Trinajstić information content (AvgIpc) is 2.78. The second kappa shape index (κ2) is 11.0. The first-order chi connectivity index (χ1) is 15.8. The molecule has 2 amide bonds. The number of hydrogen-bond acceptors (Lipinski definition) is 6. The highest BCUT2D eigenvalue weighted by Crippen LogP contribution is 2.25. The molecule has 9 nitrogen and oxygen atoms in total. The van der Waals surface area contributed by atoms with Crippen LogP contribution >= 0.6 is 15.9 Å². The zero-order valence-corrected chi connectivity index (χ0v) is 19.0. The summed E-state index contributed by atoms with van der Waals surface area (Å²) in [6.07, 6.45) is 1.41. The van der Waals surface area contributed by atoms with Crippen molar-refractivity contribution in [2.75, 3.05) is 11.9 Å². The van der Waals surface area contributed by atoms with Gasteiger partial charge in [0.15, 0.2) is 6.61 Å². The summed E-state index contributed by atoms with van der Waals surface area (Å²) in [5.41, 5.74) is 4.65. The van der Waals surface area contributed by atoms with E-state index in [-0.39, 0.29) is 23.8 Å². The third-order valence-corrected chi connectivity index (χ3v) is 4.94. The monoisotopic (exact) mass is 510 g/mol. The van der Waals surface area contributed by atoms with Crippen molar-refractivity contribution >= 4 is 45.3 Å². The number of hydrazone groups is 1. The van der Waals surface area contributed by atoms with E-state index in [2.05, 4.69) is 31.8 Å². The summed E-state index contributed by atoms with van der Waals surface area (Å²) >= 11 is 3.38. The topological polar surface area (TPSA) is 123 Å². The Labute approximate surface area is 197 Å². The Balaban J connectivity index is 1.54. The fourth-order valence-corrected chi connectivity index (χ4v) is 3.28. The molecular weight excluding hydrogens is 492 g/mol. The van der Waals surface area contributed by atoms with E-state index in [9.17, 15) is 19.7 Å². The van der Waals surface area contributed by atoms with Crippen molar-refractivity contribution in [2.45, 2.75) is 6.92 Å². The highest BCUT2D eigenvalue weighted by Gasteiger charge is 2.11. The number of non-ortho nitro benzene ring substituents is 1. The van der Waals surface area contributed by atoms with Gasteiger partial charge in [-0.05, 0) is 70.4 Å². The maximum Gasteiger partial charge on any atom is 0.271 e. The molecule has 0 unspecified atom stereocenters. The number of nitrogens with one attached hydrogen (secondary N) is 2. The molecule has 0 aliphatic rings. The van der Waals surface area contributed by atoms with Gasteiger partial charge in [0.2, 0.25) is 0 Å². The molecule has 0 saturated carbocycles. The number of carbonyl (C=O) groups excluding carboxylic acids is 2. The first kappa shape index (κ1) is 23.6. The summed E-state index contributed by atoms with van der Waals surface area (Å²) in [5.74, 6) is -0.400. The Kier molecular flexibility index (Phi) is 7.87. The minimum absolute atomic E-state index is 0.121. The van der Waals surface area contributed by atoms with Crippen LogP contribution in [0.5, 0.6) is 5.75 Å². The molecule has 0 radical (unpaired) electrons. The zero-order valence-electron chi connectivity index (χ0n) is 17.4. The lowest BCUT2D eigenvalue weighted by Gasteiger charge is -2.10. The Morgan fingerprint density at radius 2 is 1.91 bits per heavy atom. The quantitative estimate of drug-likeness (QED) is 0.263. The molecule has 0 fully saturated rings. The minimum Gasteiger partial charge on any atom is -0.483 e. The highest BCUT2D eigenvalue weighted by molar-refractivity contribution is 9.10. The number of carbonyl (C=O) groups is 2. The number of benzene rings is 3. The van der Waals surface area contributed by atoms with Crippen LogP contribution in [0.15, 0.2) is 76.3 Å². The van der Waals surface area contributed by atoms with E-state index in [1.54, 1.807) is 24.3 Å². The molecule has 0 spiro atoms. The number of nitro groups is 1. The molecule has 3 aromatic rings. The predicted molar refractivity (Wildman–Crippen MR) is 128 cm³/mol. The van der Waals surface area contributed by atoms with Crippen LogP contribution in [0.4, 0.5) is 11.4 Å². The van der Waals surface area contributed by atoms with E-state index in [0.29, 0.717) is 21.5 Å². The lowest BCUT2D eigenvalue weighted by atomic mass is 10.2. The second-order valence-electron chi connectivity index (χ2n) is 6.90. The lowest BCUT2D eigenvalue weighted by Crippen LogP contribution is -2.20. The first-order valence-electron chi connectivity index (χ1n) is 9.68. The van der Waals surface area contributed by atoms with Crippen molar-refractivity contribution in [3.8, 4) is 5.75 Å². The number of ether oxygens (including phenoxy) is 1. The van der Waals surface area contributed by atoms with Crippen molar-refractivity contribution in [3.05, 3.63) is 98.0 Å². The van der Waals surface area contributed by atoms with Crippen LogP contribution in [-0.4, -0.2) is 29.6 Å². The van der Waals surface area contributed by atoms with Crippen LogP contribution < -0.4 is 15.5 Å². The van der Waals surface area contributed by atoms with Crippen LogP contribution in [0, 0.1) is 17.0 Å². The van der Waals surface area contributed by atoms with Crippen LogP contribution in [0.2, 0.25) is 0 Å². The van der Waals surface area contributed by atoms with E-state index in [0.717, 1.165) is 5.56 Å². The van der Waals surface area contributed by atoms with E-state index < -0.39 is 10.8 Å². The molecular formula is C23H19BrN4O5. The molecule has 0 bridgehead atoms. The molecule has 0 aliphatic carbocycles. The second-order valence-corrected chi connectivity index (χ2v) is 7.76. The normalized spacial score (nSPS) is 10.6. The Hall–Kier alpha value is -4.05.